The van der Waals surface area contributed by atoms with Crippen LogP contribution >= 0.6 is 0 Å². The lowest BCUT2D eigenvalue weighted by molar-refractivity contribution is -0.145. The molecule has 11 heteroatoms. The number of nitrogens with one attached hydrogen (secondary N) is 2. The van der Waals surface area contributed by atoms with Gasteiger partial charge in [-0.2, -0.15) is 0 Å². The third kappa shape index (κ3) is 8.04. The Bertz CT molecular complexity index is 940. The number of hydrogen-bond acceptors (Lipinski definition) is 6. The summed E-state index contributed by atoms with van der Waals surface area (Å²) < 4.78 is 0. The standard InChI is InChI=1S/C25H37N5O6/c1-3-15(2)21(27)23(33)28-17(11-12-20(26)31)24(34)30-13-7-10-19(30)22(32)29-18(25(35)36)14-16-8-5-4-6-9-16/h4-6,8-9,15,17-19,21H,3,7,10-14,27H2,1-2H3,(H2,26,31)(H,28,33)(H,29,32)(H,35,36). The average molecular weight is 504 g/mol. The molecule has 0 aliphatic carbocycles. The number of nitrogens with zero attached hydrogens (tertiary/aromatic N) is 1. The molecule has 198 valence electrons. The molecular weight excluding hydrogens is 466 g/mol. The lowest BCUT2D eigenvalue weighted by Gasteiger charge is -2.30. The van der Waals surface area contributed by atoms with Crippen molar-refractivity contribution in [1.29, 1.82) is 0 Å². The molecule has 11 nitrogen and oxygen atoms in total. The number of carbonyl (C=O) groups excluding carboxylic acids is 4. The number of benzene rings is 1. The molecule has 1 fully saturated rings. The zero-order valence-corrected chi connectivity index (χ0v) is 20.8. The monoisotopic (exact) mass is 503 g/mol. The van der Waals surface area contributed by atoms with Gasteiger partial charge in [-0.15, -0.1) is 0 Å². The van der Waals surface area contributed by atoms with Crippen molar-refractivity contribution in [3.05, 3.63) is 35.9 Å². The fraction of sp³-hybridized carbons (Fsp3) is 0.560. The van der Waals surface area contributed by atoms with Gasteiger partial charge in [-0.05, 0) is 30.7 Å². The van der Waals surface area contributed by atoms with E-state index in [-0.39, 0.29) is 31.7 Å². The normalized spacial score (nSPS) is 18.5. The molecule has 1 aromatic carbocycles. The second-order valence-electron chi connectivity index (χ2n) is 9.26. The Balaban J connectivity index is 2.14. The average Bonchev–Trinajstić information content (AvgIpc) is 3.35. The first kappa shape index (κ1) is 28.8. The van der Waals surface area contributed by atoms with Crippen LogP contribution in [0.1, 0.15) is 51.5 Å². The highest BCUT2D eigenvalue weighted by Crippen LogP contribution is 2.20. The number of carboxylic acid groups (broad SMARTS) is 1. The van der Waals surface area contributed by atoms with Gasteiger partial charge in [0.2, 0.25) is 23.6 Å². The molecule has 5 atom stereocenters. The highest BCUT2D eigenvalue weighted by molar-refractivity contribution is 5.94. The molecule has 0 aromatic heterocycles. The van der Waals surface area contributed by atoms with E-state index in [0.717, 1.165) is 5.56 Å². The molecule has 2 rings (SSSR count). The fourth-order valence-corrected chi connectivity index (χ4v) is 4.15. The van der Waals surface area contributed by atoms with E-state index in [4.69, 9.17) is 11.5 Å². The number of rotatable bonds is 13. The van der Waals surface area contributed by atoms with Crippen molar-refractivity contribution in [2.75, 3.05) is 6.54 Å². The molecule has 4 amide bonds. The van der Waals surface area contributed by atoms with Crippen LogP contribution in [0.3, 0.4) is 0 Å². The zero-order valence-electron chi connectivity index (χ0n) is 20.8. The molecule has 1 saturated heterocycles. The van der Waals surface area contributed by atoms with Crippen molar-refractivity contribution in [2.45, 2.75) is 76.5 Å². The maximum absolute atomic E-state index is 13.4. The largest absolute Gasteiger partial charge is 0.480 e. The van der Waals surface area contributed by atoms with E-state index in [9.17, 15) is 29.1 Å². The molecule has 1 aliphatic heterocycles. The minimum Gasteiger partial charge on any atom is -0.480 e. The molecule has 0 spiro atoms. The van der Waals surface area contributed by atoms with Gasteiger partial charge in [0.15, 0.2) is 0 Å². The molecular formula is C25H37N5O6. The molecule has 1 aliphatic rings. The van der Waals surface area contributed by atoms with Crippen LogP contribution in [0, 0.1) is 5.92 Å². The SMILES string of the molecule is CCC(C)C(N)C(=O)NC(CCC(N)=O)C(=O)N1CCCC1C(=O)NC(Cc1ccccc1)C(=O)O. The Morgan fingerprint density at radius 1 is 1.11 bits per heavy atom. The summed E-state index contributed by atoms with van der Waals surface area (Å²) in [5.41, 5.74) is 12.0. The van der Waals surface area contributed by atoms with Gasteiger partial charge in [-0.25, -0.2) is 4.79 Å². The van der Waals surface area contributed by atoms with E-state index >= 15 is 0 Å². The van der Waals surface area contributed by atoms with Gasteiger partial charge in [0.05, 0.1) is 6.04 Å². The van der Waals surface area contributed by atoms with Crippen LogP contribution in [0.4, 0.5) is 0 Å². The van der Waals surface area contributed by atoms with Gasteiger partial charge in [0.25, 0.3) is 0 Å². The van der Waals surface area contributed by atoms with E-state index < -0.39 is 53.8 Å². The topological polar surface area (TPSA) is 185 Å². The van der Waals surface area contributed by atoms with Gasteiger partial charge in [0, 0.05) is 19.4 Å². The first-order chi connectivity index (χ1) is 17.0. The number of aliphatic carboxylic acids is 1. The van der Waals surface area contributed by atoms with Crippen LogP contribution < -0.4 is 22.1 Å². The Morgan fingerprint density at radius 2 is 1.78 bits per heavy atom. The number of primary amides is 1. The zero-order chi connectivity index (χ0) is 26.8. The van der Waals surface area contributed by atoms with Gasteiger partial charge in [-0.1, -0.05) is 50.6 Å². The van der Waals surface area contributed by atoms with Crippen molar-refractivity contribution in [3.63, 3.8) is 0 Å². The molecule has 7 N–H and O–H groups in total. The van der Waals surface area contributed by atoms with Gasteiger partial charge >= 0.3 is 5.97 Å². The van der Waals surface area contributed by atoms with Crippen LogP contribution in [0.2, 0.25) is 0 Å². The van der Waals surface area contributed by atoms with Gasteiger partial charge in [0.1, 0.15) is 18.1 Å². The second-order valence-corrected chi connectivity index (χ2v) is 9.26. The first-order valence-electron chi connectivity index (χ1n) is 12.3. The Labute approximate surface area is 211 Å². The van der Waals surface area contributed by atoms with E-state index in [2.05, 4.69) is 10.6 Å². The van der Waals surface area contributed by atoms with Crippen LogP contribution in [-0.4, -0.2) is 70.3 Å². The predicted octanol–water partition coefficient (Wildman–Crippen LogP) is -0.0868. The number of nitrogens with two attached hydrogens (primary N) is 2. The summed E-state index contributed by atoms with van der Waals surface area (Å²) >= 11 is 0. The highest BCUT2D eigenvalue weighted by atomic mass is 16.4. The molecule has 1 aromatic rings. The number of carbonyl (C=O) groups is 5. The molecule has 1 heterocycles. The Kier molecular flexibility index (Phi) is 10.8. The van der Waals surface area contributed by atoms with Crippen molar-refractivity contribution >= 4 is 29.6 Å². The van der Waals surface area contributed by atoms with Crippen molar-refractivity contribution in [3.8, 4) is 0 Å². The maximum Gasteiger partial charge on any atom is 0.326 e. The summed E-state index contributed by atoms with van der Waals surface area (Å²) in [6.07, 6.45) is 1.45. The molecule has 0 bridgehead atoms. The van der Waals surface area contributed by atoms with Gasteiger partial charge < -0.3 is 32.1 Å². The second kappa shape index (κ2) is 13.6. The summed E-state index contributed by atoms with van der Waals surface area (Å²) in [7, 11) is 0. The molecule has 0 radical (unpaired) electrons. The van der Waals surface area contributed by atoms with Crippen molar-refractivity contribution in [1.82, 2.24) is 15.5 Å². The Hall–Kier alpha value is -3.47. The minimum atomic E-state index is -1.19. The molecule has 36 heavy (non-hydrogen) atoms. The van der Waals surface area contributed by atoms with E-state index in [1.54, 1.807) is 24.3 Å². The van der Waals surface area contributed by atoms with E-state index in [1.807, 2.05) is 19.9 Å². The predicted molar refractivity (Wildman–Crippen MR) is 132 cm³/mol. The van der Waals surface area contributed by atoms with Crippen molar-refractivity contribution in [2.24, 2.45) is 17.4 Å². The van der Waals surface area contributed by atoms with E-state index in [0.29, 0.717) is 19.3 Å². The van der Waals surface area contributed by atoms with Gasteiger partial charge in [-0.3, -0.25) is 19.2 Å². The van der Waals surface area contributed by atoms with Crippen molar-refractivity contribution < 1.29 is 29.1 Å². The number of amides is 4. The van der Waals surface area contributed by atoms with Crippen LogP contribution in [0.15, 0.2) is 30.3 Å². The number of hydrogen-bond donors (Lipinski definition) is 5. The van der Waals surface area contributed by atoms with Crippen LogP contribution in [0.5, 0.6) is 0 Å². The number of carboxylic acids is 1. The third-order valence-corrected chi connectivity index (χ3v) is 6.59. The highest BCUT2D eigenvalue weighted by Gasteiger charge is 2.39. The summed E-state index contributed by atoms with van der Waals surface area (Å²) in [6, 6.07) is 4.90. The smallest absolute Gasteiger partial charge is 0.326 e. The third-order valence-electron chi connectivity index (χ3n) is 6.59. The summed E-state index contributed by atoms with van der Waals surface area (Å²) in [5, 5.41) is 14.8. The Morgan fingerprint density at radius 3 is 2.36 bits per heavy atom. The quantitative estimate of drug-likeness (QED) is 0.249. The molecule has 5 unspecified atom stereocenters. The van der Waals surface area contributed by atoms with Crippen LogP contribution in [-0.2, 0) is 30.4 Å². The maximum atomic E-state index is 13.4. The molecule has 0 saturated carbocycles. The van der Waals surface area contributed by atoms with Crippen LogP contribution in [0.25, 0.3) is 0 Å². The fourth-order valence-electron chi connectivity index (χ4n) is 4.15. The summed E-state index contributed by atoms with van der Waals surface area (Å²) in [6.45, 7) is 3.97. The summed E-state index contributed by atoms with van der Waals surface area (Å²) in [5.74, 6) is -3.59. The lowest BCUT2D eigenvalue weighted by atomic mass is 9.98. The minimum absolute atomic E-state index is 0.0380. The first-order valence-corrected chi connectivity index (χ1v) is 12.3. The summed E-state index contributed by atoms with van der Waals surface area (Å²) in [4.78, 5) is 63.6. The number of likely N-dealkylation sites (tertiary alicyclic amines) is 1. The van der Waals surface area contributed by atoms with E-state index in [1.165, 1.54) is 4.90 Å². The lowest BCUT2D eigenvalue weighted by Crippen LogP contribution is -2.57.